The number of rotatable bonds is 4. The molecule has 0 amide bonds. The van der Waals surface area contributed by atoms with Crippen LogP contribution in [0.3, 0.4) is 0 Å². The van der Waals surface area contributed by atoms with Gasteiger partial charge in [0.1, 0.15) is 0 Å². The van der Waals surface area contributed by atoms with Crippen LogP contribution in [0.4, 0.5) is 4.39 Å². The van der Waals surface area contributed by atoms with Crippen molar-refractivity contribution in [2.45, 2.75) is 19.9 Å². The predicted molar refractivity (Wildman–Crippen MR) is 85.7 cm³/mol. The average molecular weight is 353 g/mol. The summed E-state index contributed by atoms with van der Waals surface area (Å²) in [5.74, 6) is 5.47. The third kappa shape index (κ3) is 3.10. The minimum Gasteiger partial charge on any atom is -0.494 e. The van der Waals surface area contributed by atoms with E-state index >= 15 is 0 Å². The molecule has 2 aromatic rings. The van der Waals surface area contributed by atoms with Crippen molar-refractivity contribution in [3.8, 4) is 5.75 Å². The van der Waals surface area contributed by atoms with Gasteiger partial charge < -0.3 is 4.74 Å². The summed E-state index contributed by atoms with van der Waals surface area (Å²) < 4.78 is 20.5. The van der Waals surface area contributed by atoms with E-state index in [0.717, 1.165) is 21.2 Å². The number of nitrogens with two attached hydrogens (primary N) is 1. The predicted octanol–water partition coefficient (Wildman–Crippen LogP) is 3.77. The first-order valence-corrected chi connectivity index (χ1v) is 7.34. The van der Waals surface area contributed by atoms with E-state index in [1.807, 2.05) is 26.0 Å². The first-order chi connectivity index (χ1) is 9.99. The van der Waals surface area contributed by atoms with Crippen LogP contribution in [0.1, 0.15) is 28.3 Å². The summed E-state index contributed by atoms with van der Waals surface area (Å²) in [6.45, 7) is 3.99. The molecule has 0 saturated heterocycles. The first kappa shape index (κ1) is 15.9. The molecule has 2 aromatic carbocycles. The van der Waals surface area contributed by atoms with Gasteiger partial charge in [-0.05, 0) is 36.6 Å². The van der Waals surface area contributed by atoms with Crippen molar-refractivity contribution < 1.29 is 9.13 Å². The Bertz CT molecular complexity index is 638. The first-order valence-electron chi connectivity index (χ1n) is 6.54. The van der Waals surface area contributed by atoms with Crippen LogP contribution in [0.5, 0.6) is 5.75 Å². The van der Waals surface area contributed by atoms with Crippen LogP contribution in [-0.2, 0) is 0 Å². The van der Waals surface area contributed by atoms with Crippen molar-refractivity contribution in [2.75, 3.05) is 7.11 Å². The zero-order valence-electron chi connectivity index (χ0n) is 12.2. The summed E-state index contributed by atoms with van der Waals surface area (Å²) in [7, 11) is 1.45. The van der Waals surface area contributed by atoms with Crippen molar-refractivity contribution in [2.24, 2.45) is 5.84 Å². The van der Waals surface area contributed by atoms with Crippen molar-refractivity contribution in [3.63, 3.8) is 0 Å². The number of aryl methyl sites for hydroxylation is 2. The monoisotopic (exact) mass is 352 g/mol. The van der Waals surface area contributed by atoms with Gasteiger partial charge in [-0.3, -0.25) is 5.84 Å². The number of ether oxygens (including phenoxy) is 1. The van der Waals surface area contributed by atoms with Crippen molar-refractivity contribution >= 4 is 15.9 Å². The summed E-state index contributed by atoms with van der Waals surface area (Å²) in [5.41, 5.74) is 6.21. The zero-order valence-corrected chi connectivity index (χ0v) is 13.8. The van der Waals surface area contributed by atoms with Crippen LogP contribution in [0, 0.1) is 19.7 Å². The highest BCUT2D eigenvalue weighted by Crippen LogP contribution is 2.32. The molecule has 1 unspecified atom stereocenters. The molecular formula is C16H18BrFN2O. The number of methoxy groups -OCH3 is 1. The van der Waals surface area contributed by atoms with Gasteiger partial charge in [-0.25, -0.2) is 9.82 Å². The minimum absolute atomic E-state index is 0.207. The second-order valence-corrected chi connectivity index (χ2v) is 5.72. The summed E-state index contributed by atoms with van der Waals surface area (Å²) in [5, 5.41) is 0. The molecule has 0 spiro atoms. The molecule has 0 aromatic heterocycles. The number of hydrogen-bond donors (Lipinski definition) is 2. The number of hydrazine groups is 1. The van der Waals surface area contributed by atoms with Crippen LogP contribution in [0.15, 0.2) is 34.8 Å². The molecule has 3 nitrogen and oxygen atoms in total. The molecule has 0 heterocycles. The van der Waals surface area contributed by atoms with Gasteiger partial charge in [-0.15, -0.1) is 0 Å². The molecule has 5 heteroatoms. The van der Waals surface area contributed by atoms with Gasteiger partial charge in [-0.1, -0.05) is 40.2 Å². The Morgan fingerprint density at radius 3 is 2.38 bits per heavy atom. The molecular weight excluding hydrogens is 335 g/mol. The van der Waals surface area contributed by atoms with Crippen LogP contribution in [-0.4, -0.2) is 7.11 Å². The number of benzene rings is 2. The van der Waals surface area contributed by atoms with E-state index in [0.29, 0.717) is 5.56 Å². The van der Waals surface area contributed by atoms with Gasteiger partial charge in [0, 0.05) is 10.0 Å². The lowest BCUT2D eigenvalue weighted by Crippen LogP contribution is -2.29. The van der Waals surface area contributed by atoms with E-state index in [-0.39, 0.29) is 5.75 Å². The smallest absolute Gasteiger partial charge is 0.170 e. The lowest BCUT2D eigenvalue weighted by molar-refractivity contribution is 0.381. The summed E-state index contributed by atoms with van der Waals surface area (Å²) in [6, 6.07) is 8.58. The van der Waals surface area contributed by atoms with Gasteiger partial charge in [0.15, 0.2) is 11.6 Å². The minimum atomic E-state index is -0.439. The molecule has 0 fully saturated rings. The number of halogens is 2. The Balaban J connectivity index is 2.55. The highest BCUT2D eigenvalue weighted by Gasteiger charge is 2.20. The van der Waals surface area contributed by atoms with Gasteiger partial charge >= 0.3 is 0 Å². The fraction of sp³-hybridized carbons (Fsp3) is 0.250. The fourth-order valence-corrected chi connectivity index (χ4v) is 2.65. The maximum atomic E-state index is 14.4. The van der Waals surface area contributed by atoms with E-state index in [9.17, 15) is 4.39 Å². The Hall–Kier alpha value is -1.43. The van der Waals surface area contributed by atoms with E-state index in [1.54, 1.807) is 18.2 Å². The van der Waals surface area contributed by atoms with Crippen molar-refractivity contribution in [1.82, 2.24) is 5.43 Å². The summed E-state index contributed by atoms with van der Waals surface area (Å²) >= 11 is 3.53. The van der Waals surface area contributed by atoms with E-state index < -0.39 is 11.9 Å². The van der Waals surface area contributed by atoms with Gasteiger partial charge in [0.25, 0.3) is 0 Å². The molecule has 0 aliphatic heterocycles. The van der Waals surface area contributed by atoms with E-state index in [2.05, 4.69) is 21.4 Å². The largest absolute Gasteiger partial charge is 0.494 e. The molecule has 0 saturated carbocycles. The van der Waals surface area contributed by atoms with E-state index in [4.69, 9.17) is 10.6 Å². The molecule has 0 aliphatic rings. The lowest BCUT2D eigenvalue weighted by Gasteiger charge is -2.20. The average Bonchev–Trinajstić information content (AvgIpc) is 2.47. The fourth-order valence-electron chi connectivity index (χ4n) is 2.42. The Kier molecular flexibility index (Phi) is 4.98. The molecule has 0 aliphatic carbocycles. The maximum absolute atomic E-state index is 14.4. The summed E-state index contributed by atoms with van der Waals surface area (Å²) in [4.78, 5) is 0. The van der Waals surface area contributed by atoms with Crippen LogP contribution >= 0.6 is 15.9 Å². The van der Waals surface area contributed by atoms with Crippen LogP contribution < -0.4 is 16.0 Å². The Morgan fingerprint density at radius 1 is 1.24 bits per heavy atom. The topological polar surface area (TPSA) is 47.3 Å². The molecule has 1 atom stereocenters. The summed E-state index contributed by atoms with van der Waals surface area (Å²) in [6.07, 6.45) is 0. The highest BCUT2D eigenvalue weighted by molar-refractivity contribution is 9.10. The Morgan fingerprint density at radius 2 is 1.86 bits per heavy atom. The van der Waals surface area contributed by atoms with Crippen molar-refractivity contribution in [3.05, 3.63) is 62.9 Å². The van der Waals surface area contributed by atoms with Crippen LogP contribution in [0.2, 0.25) is 0 Å². The normalized spacial score (nSPS) is 12.3. The van der Waals surface area contributed by atoms with Gasteiger partial charge in [0.2, 0.25) is 0 Å². The van der Waals surface area contributed by atoms with Crippen LogP contribution in [0.25, 0.3) is 0 Å². The second kappa shape index (κ2) is 6.56. The van der Waals surface area contributed by atoms with E-state index in [1.165, 1.54) is 7.11 Å². The molecule has 3 N–H and O–H groups in total. The van der Waals surface area contributed by atoms with Gasteiger partial charge in [0.05, 0.1) is 13.2 Å². The Labute approximate surface area is 132 Å². The quantitative estimate of drug-likeness (QED) is 0.650. The standard InChI is InChI=1S/C16H18BrFN2O/c1-9-7-11(8-10(2)14(9)17)16(20-19)12-5-4-6-13(21-3)15(12)18/h4-8,16,20H,19H2,1-3H3. The zero-order chi connectivity index (χ0) is 15.6. The molecule has 112 valence electrons. The number of nitrogens with one attached hydrogen (secondary N) is 1. The number of hydrogen-bond acceptors (Lipinski definition) is 3. The highest BCUT2D eigenvalue weighted by atomic mass is 79.9. The molecule has 0 radical (unpaired) electrons. The SMILES string of the molecule is COc1cccc(C(NN)c2cc(C)c(Br)c(C)c2)c1F. The van der Waals surface area contributed by atoms with Gasteiger partial charge in [-0.2, -0.15) is 0 Å². The maximum Gasteiger partial charge on any atom is 0.170 e. The molecule has 2 rings (SSSR count). The molecule has 21 heavy (non-hydrogen) atoms. The molecule has 0 bridgehead atoms. The third-order valence-corrected chi connectivity index (χ3v) is 4.73. The third-order valence-electron chi connectivity index (χ3n) is 3.48. The van der Waals surface area contributed by atoms with Crippen molar-refractivity contribution in [1.29, 1.82) is 0 Å². The lowest BCUT2D eigenvalue weighted by atomic mass is 9.95. The second-order valence-electron chi connectivity index (χ2n) is 4.93.